The smallest absolute Gasteiger partial charge is 0.240 e. The van der Waals surface area contributed by atoms with E-state index in [0.717, 1.165) is 38.0 Å². The molecule has 1 aromatic heterocycles. The highest BCUT2D eigenvalue weighted by atomic mass is 35.5. The molecule has 4 heteroatoms. The number of carbonyl (C=O) groups excluding carboxylic acids is 1. The zero-order valence-electron chi connectivity index (χ0n) is 15.5. The van der Waals surface area contributed by atoms with E-state index in [1.54, 1.807) is 6.92 Å². The summed E-state index contributed by atoms with van der Waals surface area (Å²) in [6.07, 6.45) is 5.37. The quantitative estimate of drug-likeness (QED) is 0.456. The van der Waals surface area contributed by atoms with Crippen molar-refractivity contribution < 1.29 is 4.79 Å². The number of rotatable bonds is 9. The molecule has 0 fully saturated rings. The summed E-state index contributed by atoms with van der Waals surface area (Å²) < 4.78 is 2.22. The number of alkyl halides is 1. The zero-order valence-corrected chi connectivity index (χ0v) is 16.3. The van der Waals surface area contributed by atoms with Crippen LogP contribution in [0.15, 0.2) is 42.6 Å². The van der Waals surface area contributed by atoms with Gasteiger partial charge in [0, 0.05) is 25.0 Å². The lowest BCUT2D eigenvalue weighted by Crippen LogP contribution is -2.36. The Bertz CT molecular complexity index is 678. The van der Waals surface area contributed by atoms with Gasteiger partial charge in [0.15, 0.2) is 0 Å². The fraction of sp³-hybridized carbons (Fsp3) is 0.476. The molecule has 1 atom stereocenters. The summed E-state index contributed by atoms with van der Waals surface area (Å²) in [5.74, 6) is 0.0152. The van der Waals surface area contributed by atoms with Crippen molar-refractivity contribution in [3.05, 3.63) is 59.4 Å². The Balaban J connectivity index is 2.12. The van der Waals surface area contributed by atoms with Gasteiger partial charge in [0.2, 0.25) is 5.91 Å². The van der Waals surface area contributed by atoms with Crippen molar-refractivity contribution in [2.45, 2.75) is 58.5 Å². The van der Waals surface area contributed by atoms with Crippen LogP contribution < -0.4 is 0 Å². The van der Waals surface area contributed by atoms with Gasteiger partial charge in [-0.3, -0.25) is 4.79 Å². The van der Waals surface area contributed by atoms with E-state index in [-0.39, 0.29) is 5.91 Å². The molecule has 25 heavy (non-hydrogen) atoms. The lowest BCUT2D eigenvalue weighted by molar-refractivity contribution is -0.131. The monoisotopic (exact) mass is 360 g/mol. The molecule has 0 N–H and O–H groups in total. The number of benzene rings is 1. The maximum Gasteiger partial charge on any atom is 0.240 e. The van der Waals surface area contributed by atoms with Crippen molar-refractivity contribution in [3.63, 3.8) is 0 Å². The van der Waals surface area contributed by atoms with Gasteiger partial charge in [-0.1, -0.05) is 44.0 Å². The highest BCUT2D eigenvalue weighted by Crippen LogP contribution is 2.15. The van der Waals surface area contributed by atoms with Gasteiger partial charge in [-0.15, -0.1) is 11.6 Å². The lowest BCUT2D eigenvalue weighted by atomic mass is 10.1. The van der Waals surface area contributed by atoms with Crippen LogP contribution in [0.3, 0.4) is 0 Å². The number of unbranched alkanes of at least 4 members (excludes halogenated alkanes) is 2. The normalized spacial score (nSPS) is 12.2. The number of nitrogens with zero attached hydrogens (tertiary/aromatic N) is 2. The summed E-state index contributed by atoms with van der Waals surface area (Å²) in [5.41, 5.74) is 3.73. The van der Waals surface area contributed by atoms with Crippen molar-refractivity contribution in [1.29, 1.82) is 0 Å². The van der Waals surface area contributed by atoms with Gasteiger partial charge in [-0.2, -0.15) is 0 Å². The number of hydrogen-bond donors (Lipinski definition) is 0. The lowest BCUT2D eigenvalue weighted by Gasteiger charge is -2.25. The number of carbonyl (C=O) groups is 1. The minimum Gasteiger partial charge on any atom is -0.345 e. The van der Waals surface area contributed by atoms with E-state index in [2.05, 4.69) is 54.9 Å². The minimum absolute atomic E-state index is 0.0152. The van der Waals surface area contributed by atoms with Crippen molar-refractivity contribution in [2.24, 2.45) is 0 Å². The Labute approximate surface area is 156 Å². The molecule has 3 nitrogen and oxygen atoms in total. The Morgan fingerprint density at radius 3 is 2.64 bits per heavy atom. The van der Waals surface area contributed by atoms with Crippen LogP contribution in [-0.4, -0.2) is 27.3 Å². The minimum atomic E-state index is -0.485. The van der Waals surface area contributed by atoms with Crippen LogP contribution in [0.5, 0.6) is 0 Å². The second kappa shape index (κ2) is 9.67. The molecule has 2 rings (SSSR count). The van der Waals surface area contributed by atoms with Crippen molar-refractivity contribution in [3.8, 4) is 0 Å². The maximum atomic E-state index is 12.5. The average molecular weight is 361 g/mol. The van der Waals surface area contributed by atoms with Gasteiger partial charge in [0.25, 0.3) is 0 Å². The molecule has 0 aliphatic heterocycles. The van der Waals surface area contributed by atoms with Gasteiger partial charge in [-0.05, 0) is 43.5 Å². The highest BCUT2D eigenvalue weighted by molar-refractivity contribution is 6.30. The number of aromatic nitrogens is 1. The largest absolute Gasteiger partial charge is 0.345 e. The Hall–Kier alpha value is -1.74. The molecule has 0 aliphatic rings. The van der Waals surface area contributed by atoms with E-state index in [9.17, 15) is 4.79 Å². The van der Waals surface area contributed by atoms with Gasteiger partial charge in [0.05, 0.1) is 6.54 Å². The van der Waals surface area contributed by atoms with Crippen LogP contribution in [0.2, 0.25) is 0 Å². The van der Waals surface area contributed by atoms with E-state index >= 15 is 0 Å². The molecular formula is C21H29ClN2O. The molecule has 2 aromatic rings. The second-order valence-corrected chi connectivity index (χ2v) is 7.29. The van der Waals surface area contributed by atoms with Gasteiger partial charge < -0.3 is 9.47 Å². The standard InChI is InChI=1S/C21H29ClN2O/c1-4-5-8-13-24(21(25)18(3)22)16-20-12-9-14-23(20)15-19-11-7-6-10-17(19)2/h6-7,9-12,14,18H,4-5,8,13,15-16H2,1-3H3/t18-/m0/s1. The highest BCUT2D eigenvalue weighted by Gasteiger charge is 2.19. The number of aryl methyl sites for hydroxylation is 1. The second-order valence-electron chi connectivity index (χ2n) is 6.64. The predicted octanol–water partition coefficient (Wildman–Crippen LogP) is 4.99. The third-order valence-corrected chi connectivity index (χ3v) is 4.75. The fourth-order valence-corrected chi connectivity index (χ4v) is 3.12. The van der Waals surface area contributed by atoms with E-state index in [1.807, 2.05) is 11.0 Å². The average Bonchev–Trinajstić information content (AvgIpc) is 3.02. The Morgan fingerprint density at radius 1 is 1.20 bits per heavy atom. The maximum absolute atomic E-state index is 12.5. The predicted molar refractivity (Wildman–Crippen MR) is 105 cm³/mol. The van der Waals surface area contributed by atoms with E-state index in [4.69, 9.17) is 11.6 Å². The number of hydrogen-bond acceptors (Lipinski definition) is 1. The molecule has 0 radical (unpaired) electrons. The van der Waals surface area contributed by atoms with E-state index in [1.165, 1.54) is 11.1 Å². The van der Waals surface area contributed by atoms with Crippen LogP contribution in [0.4, 0.5) is 0 Å². The van der Waals surface area contributed by atoms with Crippen LogP contribution >= 0.6 is 11.6 Å². The summed E-state index contributed by atoms with van der Waals surface area (Å²) >= 11 is 6.07. The SMILES string of the molecule is CCCCCN(Cc1cccn1Cc1ccccc1C)C(=O)[C@H](C)Cl. The van der Waals surface area contributed by atoms with Crippen molar-refractivity contribution >= 4 is 17.5 Å². The first kappa shape index (κ1) is 19.6. The summed E-state index contributed by atoms with van der Waals surface area (Å²) in [5, 5.41) is -0.485. The summed E-state index contributed by atoms with van der Waals surface area (Å²) in [7, 11) is 0. The fourth-order valence-electron chi connectivity index (χ4n) is 2.99. The van der Waals surface area contributed by atoms with Crippen LogP contribution in [0.1, 0.15) is 49.9 Å². The first-order valence-electron chi connectivity index (χ1n) is 9.14. The molecule has 136 valence electrons. The molecule has 0 saturated heterocycles. The molecule has 0 saturated carbocycles. The first-order chi connectivity index (χ1) is 12.0. The number of amides is 1. The molecule has 1 aromatic carbocycles. The van der Waals surface area contributed by atoms with Crippen LogP contribution in [-0.2, 0) is 17.9 Å². The van der Waals surface area contributed by atoms with Crippen LogP contribution in [0.25, 0.3) is 0 Å². The third-order valence-electron chi connectivity index (χ3n) is 4.56. The van der Waals surface area contributed by atoms with Crippen molar-refractivity contribution in [2.75, 3.05) is 6.54 Å². The van der Waals surface area contributed by atoms with Gasteiger partial charge in [0.1, 0.15) is 5.38 Å². The summed E-state index contributed by atoms with van der Waals surface area (Å²) in [6, 6.07) is 12.6. The molecular weight excluding hydrogens is 332 g/mol. The van der Waals surface area contributed by atoms with Gasteiger partial charge in [-0.25, -0.2) is 0 Å². The van der Waals surface area contributed by atoms with Crippen molar-refractivity contribution in [1.82, 2.24) is 9.47 Å². The molecule has 0 spiro atoms. The molecule has 1 amide bonds. The number of halogens is 1. The summed E-state index contributed by atoms with van der Waals surface area (Å²) in [4.78, 5) is 14.4. The zero-order chi connectivity index (χ0) is 18.2. The topological polar surface area (TPSA) is 25.2 Å². The Kier molecular flexibility index (Phi) is 7.57. The molecule has 0 unspecified atom stereocenters. The van der Waals surface area contributed by atoms with E-state index in [0.29, 0.717) is 6.54 Å². The van der Waals surface area contributed by atoms with Gasteiger partial charge >= 0.3 is 0 Å². The molecule has 1 heterocycles. The summed E-state index contributed by atoms with van der Waals surface area (Å²) in [6.45, 7) is 8.25. The molecule has 0 aliphatic carbocycles. The van der Waals surface area contributed by atoms with E-state index < -0.39 is 5.38 Å². The van der Waals surface area contributed by atoms with Crippen LogP contribution in [0, 0.1) is 6.92 Å². The third kappa shape index (κ3) is 5.64. The molecule has 0 bridgehead atoms. The Morgan fingerprint density at radius 2 is 1.96 bits per heavy atom. The first-order valence-corrected chi connectivity index (χ1v) is 9.58.